The SMILES string of the molecule is C=CCC(C)C(C)NC(C)Cn1cccn1. The quantitative estimate of drug-likeness (QED) is 0.717. The second-order valence-electron chi connectivity index (χ2n) is 4.59. The van der Waals surface area contributed by atoms with Gasteiger partial charge in [0.1, 0.15) is 0 Å². The lowest BCUT2D eigenvalue weighted by Crippen LogP contribution is -2.40. The van der Waals surface area contributed by atoms with Gasteiger partial charge in [-0.15, -0.1) is 6.58 Å². The van der Waals surface area contributed by atoms with E-state index in [4.69, 9.17) is 0 Å². The van der Waals surface area contributed by atoms with Crippen LogP contribution in [-0.2, 0) is 6.54 Å². The Morgan fingerprint density at radius 1 is 1.44 bits per heavy atom. The summed E-state index contributed by atoms with van der Waals surface area (Å²) in [6.45, 7) is 11.4. The summed E-state index contributed by atoms with van der Waals surface area (Å²) in [7, 11) is 0. The Hall–Kier alpha value is -1.09. The second-order valence-corrected chi connectivity index (χ2v) is 4.59. The van der Waals surface area contributed by atoms with Crippen LogP contribution in [-0.4, -0.2) is 21.9 Å². The zero-order valence-electron chi connectivity index (χ0n) is 10.6. The van der Waals surface area contributed by atoms with Crippen LogP contribution in [0.2, 0.25) is 0 Å². The highest BCUT2D eigenvalue weighted by Crippen LogP contribution is 2.09. The van der Waals surface area contributed by atoms with E-state index in [0.717, 1.165) is 13.0 Å². The Balaban J connectivity index is 2.33. The van der Waals surface area contributed by atoms with Crippen LogP contribution in [0.25, 0.3) is 0 Å². The molecule has 1 N–H and O–H groups in total. The van der Waals surface area contributed by atoms with Gasteiger partial charge in [0.15, 0.2) is 0 Å². The zero-order chi connectivity index (χ0) is 12.0. The van der Waals surface area contributed by atoms with Gasteiger partial charge in [0.05, 0.1) is 6.54 Å². The largest absolute Gasteiger partial charge is 0.310 e. The molecule has 90 valence electrons. The fourth-order valence-electron chi connectivity index (χ4n) is 1.82. The summed E-state index contributed by atoms with van der Waals surface area (Å²) in [4.78, 5) is 0. The van der Waals surface area contributed by atoms with Crippen molar-refractivity contribution in [3.8, 4) is 0 Å². The maximum absolute atomic E-state index is 4.21. The first-order valence-electron chi connectivity index (χ1n) is 5.98. The number of hydrogen-bond acceptors (Lipinski definition) is 2. The van der Waals surface area contributed by atoms with Crippen LogP contribution in [0.1, 0.15) is 27.2 Å². The molecule has 0 fully saturated rings. The molecular formula is C13H23N3. The van der Waals surface area contributed by atoms with E-state index >= 15 is 0 Å². The highest BCUT2D eigenvalue weighted by molar-refractivity contribution is 4.81. The smallest absolute Gasteiger partial charge is 0.0560 e. The third kappa shape index (κ3) is 4.19. The van der Waals surface area contributed by atoms with Gasteiger partial charge < -0.3 is 5.32 Å². The minimum atomic E-state index is 0.433. The van der Waals surface area contributed by atoms with Gasteiger partial charge in [-0.3, -0.25) is 4.68 Å². The van der Waals surface area contributed by atoms with Crippen molar-refractivity contribution in [3.63, 3.8) is 0 Å². The van der Waals surface area contributed by atoms with Crippen molar-refractivity contribution in [1.29, 1.82) is 0 Å². The van der Waals surface area contributed by atoms with Crippen LogP contribution in [0.3, 0.4) is 0 Å². The molecule has 3 atom stereocenters. The predicted molar refractivity (Wildman–Crippen MR) is 68.3 cm³/mol. The predicted octanol–water partition coefficient (Wildman–Crippen LogP) is 2.46. The van der Waals surface area contributed by atoms with Gasteiger partial charge in [-0.1, -0.05) is 13.0 Å². The molecule has 1 rings (SSSR count). The Morgan fingerprint density at radius 3 is 2.75 bits per heavy atom. The molecule has 0 saturated heterocycles. The van der Waals surface area contributed by atoms with Gasteiger partial charge >= 0.3 is 0 Å². The molecular weight excluding hydrogens is 198 g/mol. The van der Waals surface area contributed by atoms with E-state index in [2.05, 4.69) is 37.8 Å². The van der Waals surface area contributed by atoms with Gasteiger partial charge in [-0.25, -0.2) is 0 Å². The van der Waals surface area contributed by atoms with Crippen molar-refractivity contribution >= 4 is 0 Å². The number of aromatic nitrogens is 2. The number of nitrogens with zero attached hydrogens (tertiary/aromatic N) is 2. The fourth-order valence-corrected chi connectivity index (χ4v) is 1.82. The third-order valence-electron chi connectivity index (χ3n) is 2.96. The van der Waals surface area contributed by atoms with Gasteiger partial charge in [0.2, 0.25) is 0 Å². The fraction of sp³-hybridized carbons (Fsp3) is 0.615. The molecule has 0 amide bonds. The zero-order valence-corrected chi connectivity index (χ0v) is 10.6. The van der Waals surface area contributed by atoms with E-state index in [9.17, 15) is 0 Å². The van der Waals surface area contributed by atoms with E-state index in [1.165, 1.54) is 0 Å². The van der Waals surface area contributed by atoms with Gasteiger partial charge in [-0.05, 0) is 32.3 Å². The number of allylic oxidation sites excluding steroid dienone is 1. The maximum Gasteiger partial charge on any atom is 0.0560 e. The van der Waals surface area contributed by atoms with Crippen molar-refractivity contribution in [2.24, 2.45) is 5.92 Å². The summed E-state index contributed by atoms with van der Waals surface area (Å²) in [6.07, 6.45) is 6.86. The molecule has 0 aliphatic heterocycles. The van der Waals surface area contributed by atoms with Crippen LogP contribution in [0, 0.1) is 5.92 Å². The number of rotatable bonds is 7. The third-order valence-corrected chi connectivity index (χ3v) is 2.96. The van der Waals surface area contributed by atoms with Crippen LogP contribution in [0.4, 0.5) is 0 Å². The monoisotopic (exact) mass is 221 g/mol. The average molecular weight is 221 g/mol. The molecule has 0 aliphatic rings. The molecule has 0 bridgehead atoms. The second kappa shape index (κ2) is 6.48. The summed E-state index contributed by atoms with van der Waals surface area (Å²) >= 11 is 0. The van der Waals surface area contributed by atoms with Crippen LogP contribution >= 0.6 is 0 Å². The van der Waals surface area contributed by atoms with Gasteiger partial charge in [-0.2, -0.15) is 5.10 Å². The summed E-state index contributed by atoms with van der Waals surface area (Å²) in [5.41, 5.74) is 0. The molecule has 3 nitrogen and oxygen atoms in total. The minimum Gasteiger partial charge on any atom is -0.310 e. The summed E-state index contributed by atoms with van der Waals surface area (Å²) < 4.78 is 1.96. The van der Waals surface area contributed by atoms with Crippen molar-refractivity contribution < 1.29 is 0 Å². The summed E-state index contributed by atoms with van der Waals surface area (Å²) in [6, 6.07) is 2.89. The molecule has 0 saturated carbocycles. The normalized spacial score (nSPS) is 16.7. The standard InChI is InChI=1S/C13H23N3/c1-5-7-11(2)13(4)15-12(3)10-16-9-6-8-14-16/h5-6,8-9,11-13,15H,1,7,10H2,2-4H3. The Morgan fingerprint density at radius 2 is 2.19 bits per heavy atom. The van der Waals surface area contributed by atoms with E-state index < -0.39 is 0 Å². The minimum absolute atomic E-state index is 0.433. The lowest BCUT2D eigenvalue weighted by Gasteiger charge is -2.24. The van der Waals surface area contributed by atoms with Crippen LogP contribution in [0.5, 0.6) is 0 Å². The topological polar surface area (TPSA) is 29.9 Å². The molecule has 1 aromatic rings. The molecule has 0 spiro atoms. The molecule has 1 heterocycles. The van der Waals surface area contributed by atoms with Gasteiger partial charge in [0.25, 0.3) is 0 Å². The molecule has 3 heteroatoms. The number of hydrogen-bond donors (Lipinski definition) is 1. The first kappa shape index (κ1) is 13.0. The lowest BCUT2D eigenvalue weighted by molar-refractivity contribution is 0.340. The van der Waals surface area contributed by atoms with Crippen molar-refractivity contribution in [3.05, 3.63) is 31.1 Å². The van der Waals surface area contributed by atoms with E-state index in [1.807, 2.05) is 29.2 Å². The molecule has 0 radical (unpaired) electrons. The molecule has 0 aromatic carbocycles. The number of nitrogens with one attached hydrogen (secondary N) is 1. The Labute approximate surface area is 98.5 Å². The Bertz CT molecular complexity index is 292. The van der Waals surface area contributed by atoms with E-state index in [0.29, 0.717) is 18.0 Å². The van der Waals surface area contributed by atoms with Crippen molar-refractivity contribution in [1.82, 2.24) is 15.1 Å². The molecule has 0 aliphatic carbocycles. The molecule has 1 aromatic heterocycles. The van der Waals surface area contributed by atoms with Gasteiger partial charge in [0, 0.05) is 24.5 Å². The van der Waals surface area contributed by atoms with E-state index in [-0.39, 0.29) is 0 Å². The van der Waals surface area contributed by atoms with Crippen molar-refractivity contribution in [2.75, 3.05) is 0 Å². The van der Waals surface area contributed by atoms with E-state index in [1.54, 1.807) is 0 Å². The lowest BCUT2D eigenvalue weighted by atomic mass is 9.99. The summed E-state index contributed by atoms with van der Waals surface area (Å²) in [5, 5.41) is 7.80. The summed E-state index contributed by atoms with van der Waals surface area (Å²) in [5.74, 6) is 0.623. The van der Waals surface area contributed by atoms with Crippen molar-refractivity contribution in [2.45, 2.75) is 45.8 Å². The first-order valence-corrected chi connectivity index (χ1v) is 5.98. The van der Waals surface area contributed by atoms with Crippen LogP contribution in [0.15, 0.2) is 31.1 Å². The Kier molecular flexibility index (Phi) is 5.26. The maximum atomic E-state index is 4.21. The molecule has 16 heavy (non-hydrogen) atoms. The average Bonchev–Trinajstić information content (AvgIpc) is 2.70. The highest BCUT2D eigenvalue weighted by atomic mass is 15.3. The van der Waals surface area contributed by atoms with Crippen LogP contribution < -0.4 is 5.32 Å². The first-order chi connectivity index (χ1) is 7.63. The highest BCUT2D eigenvalue weighted by Gasteiger charge is 2.13. The molecule has 3 unspecified atom stereocenters.